The van der Waals surface area contributed by atoms with Crippen LogP contribution in [0.4, 0.5) is 4.39 Å². The number of carboxylic acid groups (broad SMARTS) is 1. The average molecular weight is 327 g/mol. The van der Waals surface area contributed by atoms with E-state index >= 15 is 0 Å². The molecule has 0 spiro atoms. The van der Waals surface area contributed by atoms with Crippen molar-refractivity contribution in [3.05, 3.63) is 70.5 Å². The van der Waals surface area contributed by atoms with Gasteiger partial charge in [-0.15, -0.1) is 0 Å². The van der Waals surface area contributed by atoms with Crippen molar-refractivity contribution in [2.75, 3.05) is 0 Å². The first-order chi connectivity index (χ1) is 11.5. The molecule has 3 rings (SSSR count). The van der Waals surface area contributed by atoms with Gasteiger partial charge in [-0.3, -0.25) is 4.79 Å². The van der Waals surface area contributed by atoms with Crippen molar-refractivity contribution in [2.45, 2.75) is 31.7 Å². The summed E-state index contributed by atoms with van der Waals surface area (Å²) >= 11 is 0. The number of aromatic carboxylic acids is 1. The number of benzene rings is 2. The van der Waals surface area contributed by atoms with Crippen LogP contribution in [0.3, 0.4) is 0 Å². The highest BCUT2D eigenvalue weighted by molar-refractivity contribution is 5.91. The van der Waals surface area contributed by atoms with Gasteiger partial charge in [0.25, 0.3) is 0 Å². The molecule has 1 amide bonds. The lowest BCUT2D eigenvalue weighted by Gasteiger charge is -2.26. The van der Waals surface area contributed by atoms with Gasteiger partial charge in [0, 0.05) is 0 Å². The summed E-state index contributed by atoms with van der Waals surface area (Å²) in [5.74, 6) is -1.54. The summed E-state index contributed by atoms with van der Waals surface area (Å²) in [6, 6.07) is 11.0. The Morgan fingerprint density at radius 2 is 2.00 bits per heavy atom. The van der Waals surface area contributed by atoms with Gasteiger partial charge in [-0.25, -0.2) is 9.18 Å². The second-order valence-electron chi connectivity index (χ2n) is 5.99. The Kier molecular flexibility index (Phi) is 4.60. The predicted molar refractivity (Wildman–Crippen MR) is 87.3 cm³/mol. The molecule has 0 radical (unpaired) electrons. The minimum Gasteiger partial charge on any atom is -0.478 e. The van der Waals surface area contributed by atoms with Crippen LogP contribution in [0.15, 0.2) is 42.5 Å². The van der Waals surface area contributed by atoms with E-state index in [1.54, 1.807) is 24.3 Å². The van der Waals surface area contributed by atoms with Crippen LogP contribution < -0.4 is 5.32 Å². The first-order valence-electron chi connectivity index (χ1n) is 7.93. The quantitative estimate of drug-likeness (QED) is 0.906. The molecule has 4 nitrogen and oxygen atoms in total. The SMILES string of the molecule is O=C(Cc1ccccc1C(=O)O)NC1CCCc2cc(F)ccc21. The zero-order valence-electron chi connectivity index (χ0n) is 13.1. The van der Waals surface area contributed by atoms with Crippen LogP contribution in [0.1, 0.15) is 45.9 Å². The summed E-state index contributed by atoms with van der Waals surface area (Å²) in [4.78, 5) is 23.6. The Morgan fingerprint density at radius 3 is 2.79 bits per heavy atom. The molecule has 0 fully saturated rings. The van der Waals surface area contributed by atoms with Gasteiger partial charge in [-0.05, 0) is 54.2 Å². The van der Waals surface area contributed by atoms with Gasteiger partial charge in [-0.1, -0.05) is 24.3 Å². The lowest BCUT2D eigenvalue weighted by Crippen LogP contribution is -2.32. The predicted octanol–water partition coefficient (Wildman–Crippen LogP) is 3.26. The summed E-state index contributed by atoms with van der Waals surface area (Å²) in [7, 11) is 0. The van der Waals surface area contributed by atoms with Crippen LogP contribution >= 0.6 is 0 Å². The molecule has 0 aliphatic heterocycles. The molecule has 24 heavy (non-hydrogen) atoms. The maximum Gasteiger partial charge on any atom is 0.335 e. The zero-order valence-corrected chi connectivity index (χ0v) is 13.1. The fourth-order valence-corrected chi connectivity index (χ4v) is 3.23. The summed E-state index contributed by atoms with van der Waals surface area (Å²) in [5, 5.41) is 12.1. The van der Waals surface area contributed by atoms with E-state index in [9.17, 15) is 19.1 Å². The van der Waals surface area contributed by atoms with Crippen molar-refractivity contribution in [3.8, 4) is 0 Å². The molecule has 124 valence electrons. The fraction of sp³-hybridized carbons (Fsp3) is 0.263. The Morgan fingerprint density at radius 1 is 1.21 bits per heavy atom. The van der Waals surface area contributed by atoms with E-state index in [1.165, 1.54) is 18.2 Å². The molecule has 0 aromatic heterocycles. The second kappa shape index (κ2) is 6.83. The molecule has 0 saturated carbocycles. The number of fused-ring (bicyclic) bond motifs is 1. The minimum atomic E-state index is -1.04. The molecular formula is C19H18FNO3. The molecule has 2 N–H and O–H groups in total. The van der Waals surface area contributed by atoms with Crippen molar-refractivity contribution in [1.29, 1.82) is 0 Å². The third-order valence-electron chi connectivity index (χ3n) is 4.35. The topological polar surface area (TPSA) is 66.4 Å². The number of hydrogen-bond acceptors (Lipinski definition) is 2. The second-order valence-corrected chi connectivity index (χ2v) is 5.99. The Balaban J connectivity index is 1.74. The molecule has 1 aliphatic carbocycles. The molecule has 0 bridgehead atoms. The largest absolute Gasteiger partial charge is 0.478 e. The molecular weight excluding hydrogens is 309 g/mol. The molecule has 1 atom stereocenters. The van der Waals surface area contributed by atoms with Gasteiger partial charge in [0.05, 0.1) is 18.0 Å². The van der Waals surface area contributed by atoms with Crippen LogP contribution in [-0.4, -0.2) is 17.0 Å². The standard InChI is InChI=1S/C19H18FNO3/c20-14-8-9-15-12(10-14)5-3-7-17(15)21-18(22)11-13-4-1-2-6-16(13)19(23)24/h1-2,4,6,8-10,17H,3,5,7,11H2,(H,21,22)(H,23,24). The van der Waals surface area contributed by atoms with E-state index in [4.69, 9.17) is 0 Å². The lowest BCUT2D eigenvalue weighted by molar-refractivity contribution is -0.121. The number of amides is 1. The van der Waals surface area contributed by atoms with E-state index in [-0.39, 0.29) is 29.8 Å². The first kappa shape index (κ1) is 16.2. The van der Waals surface area contributed by atoms with Gasteiger partial charge in [0.2, 0.25) is 5.91 Å². The lowest BCUT2D eigenvalue weighted by atomic mass is 9.87. The van der Waals surface area contributed by atoms with Gasteiger partial charge in [0.1, 0.15) is 5.82 Å². The summed E-state index contributed by atoms with van der Waals surface area (Å²) in [6.45, 7) is 0. The normalized spacial score (nSPS) is 16.3. The zero-order chi connectivity index (χ0) is 17.1. The highest BCUT2D eigenvalue weighted by Crippen LogP contribution is 2.30. The monoisotopic (exact) mass is 327 g/mol. The molecule has 2 aromatic carbocycles. The van der Waals surface area contributed by atoms with Gasteiger partial charge >= 0.3 is 5.97 Å². The number of hydrogen-bond donors (Lipinski definition) is 2. The molecule has 2 aromatic rings. The number of aryl methyl sites for hydroxylation is 1. The fourth-order valence-electron chi connectivity index (χ4n) is 3.23. The van der Waals surface area contributed by atoms with Crippen molar-refractivity contribution in [2.24, 2.45) is 0 Å². The van der Waals surface area contributed by atoms with Crippen molar-refractivity contribution < 1.29 is 19.1 Å². The smallest absolute Gasteiger partial charge is 0.335 e. The molecule has 0 saturated heterocycles. The number of rotatable bonds is 4. The third kappa shape index (κ3) is 3.45. The maximum absolute atomic E-state index is 13.3. The van der Waals surface area contributed by atoms with E-state index in [0.717, 1.165) is 30.4 Å². The van der Waals surface area contributed by atoms with Gasteiger partial charge in [-0.2, -0.15) is 0 Å². The number of carbonyl (C=O) groups is 2. The number of carboxylic acids is 1. The molecule has 5 heteroatoms. The Labute approximate surface area is 139 Å². The molecule has 1 aliphatic rings. The van der Waals surface area contributed by atoms with Crippen LogP contribution in [0, 0.1) is 5.82 Å². The van der Waals surface area contributed by atoms with E-state index in [0.29, 0.717) is 5.56 Å². The maximum atomic E-state index is 13.3. The van der Waals surface area contributed by atoms with Gasteiger partial charge in [0.15, 0.2) is 0 Å². The molecule has 0 heterocycles. The minimum absolute atomic E-state index is 0.00943. The van der Waals surface area contributed by atoms with E-state index in [1.807, 2.05) is 0 Å². The van der Waals surface area contributed by atoms with Gasteiger partial charge < -0.3 is 10.4 Å². The average Bonchev–Trinajstić information content (AvgIpc) is 2.55. The van der Waals surface area contributed by atoms with Crippen LogP contribution in [0.25, 0.3) is 0 Å². The van der Waals surface area contributed by atoms with E-state index < -0.39 is 5.97 Å². The Hall–Kier alpha value is -2.69. The van der Waals surface area contributed by atoms with Crippen molar-refractivity contribution >= 4 is 11.9 Å². The van der Waals surface area contributed by atoms with Crippen molar-refractivity contribution in [1.82, 2.24) is 5.32 Å². The van der Waals surface area contributed by atoms with Crippen LogP contribution in [0.5, 0.6) is 0 Å². The number of nitrogens with one attached hydrogen (secondary N) is 1. The number of carbonyl (C=O) groups excluding carboxylic acids is 1. The Bertz CT molecular complexity index is 788. The summed E-state index contributed by atoms with van der Waals surface area (Å²) in [6.07, 6.45) is 2.49. The third-order valence-corrected chi connectivity index (χ3v) is 4.35. The summed E-state index contributed by atoms with van der Waals surface area (Å²) < 4.78 is 13.3. The first-order valence-corrected chi connectivity index (χ1v) is 7.93. The van der Waals surface area contributed by atoms with Crippen LogP contribution in [0.2, 0.25) is 0 Å². The molecule has 1 unspecified atom stereocenters. The summed E-state index contributed by atoms with van der Waals surface area (Å²) in [5.41, 5.74) is 2.50. The number of halogens is 1. The van der Waals surface area contributed by atoms with E-state index in [2.05, 4.69) is 5.32 Å². The highest BCUT2D eigenvalue weighted by atomic mass is 19.1. The van der Waals surface area contributed by atoms with Crippen LogP contribution in [-0.2, 0) is 17.6 Å². The highest BCUT2D eigenvalue weighted by Gasteiger charge is 2.22. The van der Waals surface area contributed by atoms with Crippen molar-refractivity contribution in [3.63, 3.8) is 0 Å².